The van der Waals surface area contributed by atoms with Crippen molar-refractivity contribution in [3.63, 3.8) is 0 Å². The van der Waals surface area contributed by atoms with E-state index in [9.17, 15) is 9.90 Å². The number of rotatable bonds is 3. The van der Waals surface area contributed by atoms with Crippen molar-refractivity contribution in [1.29, 1.82) is 0 Å². The maximum absolute atomic E-state index is 11.7. The number of piperidine rings is 3. The SMILES string of the molecule is Cc1nc(CN2C[C@H]3C[C@@H](C2)[C@H](CO)N2CCCC[C@@H]32)cc(=O)[nH]1. The van der Waals surface area contributed by atoms with E-state index in [0.29, 0.717) is 29.7 Å². The van der Waals surface area contributed by atoms with E-state index < -0.39 is 0 Å². The monoisotopic (exact) mass is 332 g/mol. The average Bonchev–Trinajstić information content (AvgIpc) is 2.54. The number of H-pyrrole nitrogens is 1. The van der Waals surface area contributed by atoms with Crippen molar-refractivity contribution in [3.05, 3.63) is 27.9 Å². The summed E-state index contributed by atoms with van der Waals surface area (Å²) in [5, 5.41) is 9.97. The number of aliphatic hydroxyl groups is 1. The van der Waals surface area contributed by atoms with Crippen LogP contribution in [0.2, 0.25) is 0 Å². The molecular formula is C18H28N4O2. The fourth-order valence-electron chi connectivity index (χ4n) is 5.34. The maximum Gasteiger partial charge on any atom is 0.251 e. The Bertz CT molecular complexity index is 632. The molecular weight excluding hydrogens is 304 g/mol. The van der Waals surface area contributed by atoms with Gasteiger partial charge in [-0.1, -0.05) is 6.42 Å². The van der Waals surface area contributed by atoms with E-state index in [0.717, 1.165) is 31.9 Å². The van der Waals surface area contributed by atoms with Crippen LogP contribution in [0.4, 0.5) is 0 Å². The van der Waals surface area contributed by atoms with Gasteiger partial charge < -0.3 is 10.1 Å². The van der Waals surface area contributed by atoms with Gasteiger partial charge in [-0.3, -0.25) is 14.6 Å². The standard InChI is InChI=1S/C18H28N4O2/c1-12-19-15(7-18(24)20-12)10-21-8-13-6-14(9-21)17(11-23)22-5-3-2-4-16(13)22/h7,13-14,16-17,23H,2-6,8-11H2,1H3,(H,19,20,24)/t13-,14+,16+,17+/m1/s1. The number of likely N-dealkylation sites (tertiary alicyclic amines) is 1. The molecule has 0 radical (unpaired) electrons. The third kappa shape index (κ3) is 3.03. The van der Waals surface area contributed by atoms with Crippen molar-refractivity contribution < 1.29 is 5.11 Å². The number of aromatic nitrogens is 2. The van der Waals surface area contributed by atoms with Gasteiger partial charge in [0.25, 0.3) is 5.56 Å². The lowest BCUT2D eigenvalue weighted by molar-refractivity contribution is -0.0876. The van der Waals surface area contributed by atoms with E-state index in [4.69, 9.17) is 0 Å². The van der Waals surface area contributed by atoms with Gasteiger partial charge in [0, 0.05) is 37.8 Å². The number of nitrogens with zero attached hydrogens (tertiary/aromatic N) is 3. The molecule has 2 N–H and O–H groups in total. The third-order valence-electron chi connectivity index (χ3n) is 6.18. The number of aromatic amines is 1. The van der Waals surface area contributed by atoms with Gasteiger partial charge in [0.2, 0.25) is 0 Å². The van der Waals surface area contributed by atoms with E-state index in [1.807, 2.05) is 6.92 Å². The lowest BCUT2D eigenvalue weighted by Gasteiger charge is -2.56. The van der Waals surface area contributed by atoms with Gasteiger partial charge in [0.15, 0.2) is 0 Å². The molecule has 0 saturated carbocycles. The molecule has 1 aromatic rings. The fourth-order valence-corrected chi connectivity index (χ4v) is 5.34. The smallest absolute Gasteiger partial charge is 0.251 e. The van der Waals surface area contributed by atoms with E-state index in [-0.39, 0.29) is 12.2 Å². The number of hydrogen-bond acceptors (Lipinski definition) is 5. The van der Waals surface area contributed by atoms with Crippen LogP contribution in [0, 0.1) is 18.8 Å². The molecule has 6 heteroatoms. The molecule has 3 saturated heterocycles. The highest BCUT2D eigenvalue weighted by Gasteiger charge is 2.46. The summed E-state index contributed by atoms with van der Waals surface area (Å²) >= 11 is 0. The molecule has 0 unspecified atom stereocenters. The van der Waals surface area contributed by atoms with Crippen LogP contribution < -0.4 is 5.56 Å². The number of aryl methyl sites for hydroxylation is 1. The first-order valence-electron chi connectivity index (χ1n) is 9.30. The first-order valence-corrected chi connectivity index (χ1v) is 9.30. The van der Waals surface area contributed by atoms with Crippen molar-refractivity contribution in [2.24, 2.45) is 11.8 Å². The predicted molar refractivity (Wildman–Crippen MR) is 91.7 cm³/mol. The average molecular weight is 332 g/mol. The van der Waals surface area contributed by atoms with Gasteiger partial charge in [-0.2, -0.15) is 0 Å². The highest BCUT2D eigenvalue weighted by atomic mass is 16.3. The van der Waals surface area contributed by atoms with Crippen LogP contribution in [0.5, 0.6) is 0 Å². The molecule has 0 aliphatic carbocycles. The van der Waals surface area contributed by atoms with Crippen LogP contribution in [0.3, 0.4) is 0 Å². The summed E-state index contributed by atoms with van der Waals surface area (Å²) in [5.74, 6) is 1.91. The van der Waals surface area contributed by atoms with Crippen molar-refractivity contribution in [1.82, 2.24) is 19.8 Å². The summed E-state index contributed by atoms with van der Waals surface area (Å²) in [7, 11) is 0. The molecule has 4 atom stereocenters. The highest BCUT2D eigenvalue weighted by Crippen LogP contribution is 2.41. The second-order valence-corrected chi connectivity index (χ2v) is 7.82. The Labute approximate surface area is 142 Å². The minimum atomic E-state index is -0.0682. The summed E-state index contributed by atoms with van der Waals surface area (Å²) in [6, 6.07) is 2.56. The van der Waals surface area contributed by atoms with Gasteiger partial charge in [-0.05, 0) is 44.6 Å². The summed E-state index contributed by atoms with van der Waals surface area (Å²) < 4.78 is 0. The molecule has 0 amide bonds. The Morgan fingerprint density at radius 3 is 2.96 bits per heavy atom. The molecule has 4 rings (SSSR count). The summed E-state index contributed by atoms with van der Waals surface area (Å²) in [6.45, 7) is 6.07. The normalized spacial score (nSPS) is 34.1. The zero-order valence-electron chi connectivity index (χ0n) is 14.4. The molecule has 3 fully saturated rings. The van der Waals surface area contributed by atoms with E-state index in [1.54, 1.807) is 6.07 Å². The zero-order chi connectivity index (χ0) is 16.7. The van der Waals surface area contributed by atoms with Crippen molar-refractivity contribution in [2.45, 2.75) is 51.2 Å². The topological polar surface area (TPSA) is 72.5 Å². The molecule has 6 nitrogen and oxygen atoms in total. The molecule has 132 valence electrons. The van der Waals surface area contributed by atoms with E-state index >= 15 is 0 Å². The lowest BCUT2D eigenvalue weighted by atomic mass is 9.72. The molecule has 1 aromatic heterocycles. The van der Waals surface area contributed by atoms with Crippen molar-refractivity contribution in [2.75, 3.05) is 26.2 Å². The predicted octanol–water partition coefficient (Wildman–Crippen LogP) is 0.745. The van der Waals surface area contributed by atoms with Crippen LogP contribution in [0.1, 0.15) is 37.2 Å². The third-order valence-corrected chi connectivity index (χ3v) is 6.18. The van der Waals surface area contributed by atoms with Gasteiger partial charge in [0.1, 0.15) is 5.82 Å². The van der Waals surface area contributed by atoms with Crippen LogP contribution in [0.15, 0.2) is 10.9 Å². The Hall–Kier alpha value is -1.24. The lowest BCUT2D eigenvalue weighted by Crippen LogP contribution is -2.64. The largest absolute Gasteiger partial charge is 0.395 e. The maximum atomic E-state index is 11.7. The van der Waals surface area contributed by atoms with Gasteiger partial charge in [-0.25, -0.2) is 4.98 Å². The number of aliphatic hydroxyl groups excluding tert-OH is 1. The second-order valence-electron chi connectivity index (χ2n) is 7.82. The zero-order valence-corrected chi connectivity index (χ0v) is 14.4. The number of fused-ring (bicyclic) bond motifs is 4. The molecule has 0 aromatic carbocycles. The molecule has 2 bridgehead atoms. The molecule has 0 spiro atoms. The van der Waals surface area contributed by atoms with Crippen LogP contribution in [0.25, 0.3) is 0 Å². The summed E-state index contributed by atoms with van der Waals surface area (Å²) in [5.41, 5.74) is 0.790. The van der Waals surface area contributed by atoms with Crippen molar-refractivity contribution in [3.8, 4) is 0 Å². The number of hydrogen-bond donors (Lipinski definition) is 2. The van der Waals surface area contributed by atoms with E-state index in [2.05, 4.69) is 19.8 Å². The molecule has 24 heavy (non-hydrogen) atoms. The van der Waals surface area contributed by atoms with Gasteiger partial charge in [0.05, 0.1) is 12.3 Å². The Balaban J connectivity index is 1.52. The highest BCUT2D eigenvalue weighted by molar-refractivity contribution is 5.05. The van der Waals surface area contributed by atoms with E-state index in [1.165, 1.54) is 25.7 Å². The molecule has 4 heterocycles. The minimum Gasteiger partial charge on any atom is -0.395 e. The van der Waals surface area contributed by atoms with Crippen LogP contribution in [-0.2, 0) is 6.54 Å². The minimum absolute atomic E-state index is 0.0682. The Morgan fingerprint density at radius 2 is 2.17 bits per heavy atom. The molecule has 3 aliphatic rings. The second kappa shape index (κ2) is 6.58. The Morgan fingerprint density at radius 1 is 1.33 bits per heavy atom. The quantitative estimate of drug-likeness (QED) is 0.854. The van der Waals surface area contributed by atoms with Crippen LogP contribution >= 0.6 is 0 Å². The molecule has 3 aliphatic heterocycles. The summed E-state index contributed by atoms with van der Waals surface area (Å²) in [4.78, 5) is 23.9. The van der Waals surface area contributed by atoms with Crippen molar-refractivity contribution >= 4 is 0 Å². The first kappa shape index (κ1) is 16.2. The van der Waals surface area contributed by atoms with Gasteiger partial charge in [-0.15, -0.1) is 0 Å². The first-order chi connectivity index (χ1) is 11.6. The van der Waals surface area contributed by atoms with Crippen LogP contribution in [-0.4, -0.2) is 63.2 Å². The summed E-state index contributed by atoms with van der Waals surface area (Å²) in [6.07, 6.45) is 5.09. The Kier molecular flexibility index (Phi) is 4.45. The number of nitrogens with one attached hydrogen (secondary N) is 1. The fraction of sp³-hybridized carbons (Fsp3) is 0.778. The van der Waals surface area contributed by atoms with Gasteiger partial charge >= 0.3 is 0 Å².